The molecule has 0 spiro atoms. The van der Waals surface area contributed by atoms with E-state index in [4.69, 9.17) is 0 Å². The van der Waals surface area contributed by atoms with E-state index in [1.807, 2.05) is 12.1 Å². The highest BCUT2D eigenvalue weighted by atomic mass is 79.9. The zero-order valence-electron chi connectivity index (χ0n) is 11.3. The monoisotopic (exact) mass is 364 g/mol. The molecule has 0 atom stereocenters. The van der Waals surface area contributed by atoms with Crippen molar-refractivity contribution in [1.29, 1.82) is 0 Å². The lowest BCUT2D eigenvalue weighted by atomic mass is 9.96. The Labute approximate surface area is 129 Å². The Kier molecular flexibility index (Phi) is 5.27. The van der Waals surface area contributed by atoms with E-state index >= 15 is 0 Å². The maximum atomic E-state index is 12.6. The van der Waals surface area contributed by atoms with Gasteiger partial charge >= 0.3 is 6.18 Å². The van der Waals surface area contributed by atoms with Gasteiger partial charge in [0.1, 0.15) is 0 Å². The number of rotatable bonds is 3. The zero-order valence-corrected chi connectivity index (χ0v) is 12.9. The minimum Gasteiger partial charge on any atom is -0.324 e. The fourth-order valence-corrected chi connectivity index (χ4v) is 2.76. The summed E-state index contributed by atoms with van der Waals surface area (Å²) in [5, 5.41) is 2.75. The first-order chi connectivity index (χ1) is 9.86. The molecule has 1 amide bonds. The maximum absolute atomic E-state index is 12.6. The molecule has 1 aliphatic heterocycles. The summed E-state index contributed by atoms with van der Waals surface area (Å²) in [5.41, 5.74) is 0.660. The van der Waals surface area contributed by atoms with Gasteiger partial charge in [-0.1, -0.05) is 12.1 Å². The molecule has 21 heavy (non-hydrogen) atoms. The SMILES string of the molecule is O=C(CN1CCC(C(F)(F)F)CC1)Nc1ccccc1Br. The van der Waals surface area contributed by atoms with Crippen LogP contribution in [0.3, 0.4) is 0 Å². The van der Waals surface area contributed by atoms with Crippen molar-refractivity contribution in [3.63, 3.8) is 0 Å². The van der Waals surface area contributed by atoms with E-state index in [9.17, 15) is 18.0 Å². The van der Waals surface area contributed by atoms with E-state index in [1.54, 1.807) is 17.0 Å². The summed E-state index contributed by atoms with van der Waals surface area (Å²) in [6, 6.07) is 7.21. The highest BCUT2D eigenvalue weighted by Gasteiger charge is 2.41. The van der Waals surface area contributed by atoms with Crippen LogP contribution in [0, 0.1) is 5.92 Å². The van der Waals surface area contributed by atoms with Gasteiger partial charge in [-0.15, -0.1) is 0 Å². The molecule has 2 rings (SSSR count). The molecule has 116 valence electrons. The van der Waals surface area contributed by atoms with Crippen LogP contribution in [0.5, 0.6) is 0 Å². The summed E-state index contributed by atoms with van der Waals surface area (Å²) in [5.74, 6) is -1.45. The second-order valence-corrected chi connectivity index (χ2v) is 5.97. The highest BCUT2D eigenvalue weighted by molar-refractivity contribution is 9.10. The number of hydrogen-bond donors (Lipinski definition) is 1. The van der Waals surface area contributed by atoms with Gasteiger partial charge in [-0.3, -0.25) is 9.69 Å². The molecule has 1 aromatic carbocycles. The Morgan fingerprint density at radius 2 is 1.90 bits per heavy atom. The van der Waals surface area contributed by atoms with E-state index in [-0.39, 0.29) is 25.3 Å². The Hall–Kier alpha value is -1.08. The van der Waals surface area contributed by atoms with Crippen LogP contribution in [0.2, 0.25) is 0 Å². The van der Waals surface area contributed by atoms with Crippen LogP contribution in [0.25, 0.3) is 0 Å². The fraction of sp³-hybridized carbons (Fsp3) is 0.500. The number of nitrogens with one attached hydrogen (secondary N) is 1. The van der Waals surface area contributed by atoms with Gasteiger partial charge in [0.25, 0.3) is 0 Å². The molecule has 1 fully saturated rings. The fourth-order valence-electron chi connectivity index (χ4n) is 2.37. The Bertz CT molecular complexity index is 499. The third kappa shape index (κ3) is 4.71. The second kappa shape index (κ2) is 6.79. The third-order valence-electron chi connectivity index (χ3n) is 3.57. The van der Waals surface area contributed by atoms with Crippen LogP contribution < -0.4 is 5.32 Å². The summed E-state index contributed by atoms with van der Waals surface area (Å²) in [6.07, 6.45) is -4.00. The van der Waals surface area contributed by atoms with E-state index in [0.29, 0.717) is 18.8 Å². The second-order valence-electron chi connectivity index (χ2n) is 5.12. The molecule has 1 aromatic rings. The minimum atomic E-state index is -4.12. The van der Waals surface area contributed by atoms with Crippen molar-refractivity contribution in [3.05, 3.63) is 28.7 Å². The number of amides is 1. The molecule has 1 N–H and O–H groups in total. The number of benzene rings is 1. The Morgan fingerprint density at radius 1 is 1.29 bits per heavy atom. The van der Waals surface area contributed by atoms with Crippen LogP contribution in [-0.2, 0) is 4.79 Å². The largest absolute Gasteiger partial charge is 0.391 e. The normalized spacial score (nSPS) is 17.7. The number of piperidine rings is 1. The number of para-hydroxylation sites is 1. The van der Waals surface area contributed by atoms with Crippen LogP contribution in [0.15, 0.2) is 28.7 Å². The minimum absolute atomic E-state index is 0.0613. The van der Waals surface area contributed by atoms with Gasteiger partial charge < -0.3 is 5.32 Å². The van der Waals surface area contributed by atoms with Crippen molar-refractivity contribution in [2.24, 2.45) is 5.92 Å². The molecule has 7 heteroatoms. The molecular weight excluding hydrogens is 349 g/mol. The van der Waals surface area contributed by atoms with Crippen molar-refractivity contribution in [2.45, 2.75) is 19.0 Å². The number of nitrogens with zero attached hydrogens (tertiary/aromatic N) is 1. The maximum Gasteiger partial charge on any atom is 0.391 e. The van der Waals surface area contributed by atoms with Crippen LogP contribution in [-0.4, -0.2) is 36.6 Å². The quantitative estimate of drug-likeness (QED) is 0.887. The van der Waals surface area contributed by atoms with Crippen LogP contribution in [0.4, 0.5) is 18.9 Å². The van der Waals surface area contributed by atoms with Crippen molar-refractivity contribution in [3.8, 4) is 0 Å². The molecule has 3 nitrogen and oxygen atoms in total. The molecule has 0 bridgehead atoms. The Balaban J connectivity index is 1.81. The number of alkyl halides is 3. The van der Waals surface area contributed by atoms with Crippen molar-refractivity contribution < 1.29 is 18.0 Å². The average Bonchev–Trinajstić information content (AvgIpc) is 2.41. The van der Waals surface area contributed by atoms with E-state index in [1.165, 1.54) is 0 Å². The number of carbonyl (C=O) groups is 1. The standard InChI is InChI=1S/C14H16BrF3N2O/c15-11-3-1-2-4-12(11)19-13(21)9-20-7-5-10(6-8-20)14(16,17)18/h1-4,10H,5-9H2,(H,19,21). The van der Waals surface area contributed by atoms with Gasteiger partial charge in [0.15, 0.2) is 0 Å². The Morgan fingerprint density at radius 3 is 2.48 bits per heavy atom. The molecule has 0 radical (unpaired) electrons. The van der Waals surface area contributed by atoms with Gasteiger partial charge in [-0.25, -0.2) is 0 Å². The van der Waals surface area contributed by atoms with Gasteiger partial charge in [0.2, 0.25) is 5.91 Å². The summed E-state index contributed by atoms with van der Waals surface area (Å²) in [7, 11) is 0. The lowest BCUT2D eigenvalue weighted by Crippen LogP contribution is -2.42. The molecule has 0 aliphatic carbocycles. The molecule has 1 saturated heterocycles. The van der Waals surface area contributed by atoms with Gasteiger partial charge in [-0.2, -0.15) is 13.2 Å². The lowest BCUT2D eigenvalue weighted by Gasteiger charge is -2.32. The number of likely N-dealkylation sites (tertiary alicyclic amines) is 1. The van der Waals surface area contributed by atoms with Crippen molar-refractivity contribution in [1.82, 2.24) is 4.90 Å². The predicted octanol–water partition coefficient (Wildman–Crippen LogP) is 3.66. The zero-order chi connectivity index (χ0) is 15.5. The van der Waals surface area contributed by atoms with Crippen LogP contribution >= 0.6 is 15.9 Å². The van der Waals surface area contributed by atoms with Gasteiger partial charge in [0, 0.05) is 4.47 Å². The number of anilines is 1. The summed E-state index contributed by atoms with van der Waals surface area (Å²) in [4.78, 5) is 13.7. The molecular formula is C14H16BrF3N2O. The van der Waals surface area contributed by atoms with Gasteiger partial charge in [0.05, 0.1) is 18.2 Å². The van der Waals surface area contributed by atoms with Crippen LogP contribution in [0.1, 0.15) is 12.8 Å². The first-order valence-corrected chi connectivity index (χ1v) is 7.49. The predicted molar refractivity (Wildman–Crippen MR) is 78.0 cm³/mol. The first-order valence-electron chi connectivity index (χ1n) is 6.69. The topological polar surface area (TPSA) is 32.3 Å². The molecule has 0 saturated carbocycles. The summed E-state index contributed by atoms with van der Waals surface area (Å²) >= 11 is 3.33. The van der Waals surface area contributed by atoms with E-state index in [2.05, 4.69) is 21.2 Å². The first kappa shape index (κ1) is 16.3. The lowest BCUT2D eigenvalue weighted by molar-refractivity contribution is -0.184. The molecule has 1 aliphatic rings. The molecule has 0 unspecified atom stereocenters. The average molecular weight is 365 g/mol. The molecule has 0 aromatic heterocycles. The van der Waals surface area contributed by atoms with E-state index in [0.717, 1.165) is 4.47 Å². The number of hydrogen-bond acceptors (Lipinski definition) is 2. The highest BCUT2D eigenvalue weighted by Crippen LogP contribution is 2.34. The van der Waals surface area contributed by atoms with E-state index < -0.39 is 12.1 Å². The molecule has 1 heterocycles. The summed E-state index contributed by atoms with van der Waals surface area (Å²) < 4.78 is 38.5. The summed E-state index contributed by atoms with van der Waals surface area (Å²) in [6.45, 7) is 0.715. The smallest absolute Gasteiger partial charge is 0.324 e. The number of carbonyl (C=O) groups excluding carboxylic acids is 1. The van der Waals surface area contributed by atoms with Crippen molar-refractivity contribution >= 4 is 27.5 Å². The number of halogens is 4. The van der Waals surface area contributed by atoms with Gasteiger partial charge in [-0.05, 0) is 54.0 Å². The third-order valence-corrected chi connectivity index (χ3v) is 4.26. The van der Waals surface area contributed by atoms with Crippen molar-refractivity contribution in [2.75, 3.05) is 25.0 Å².